The van der Waals surface area contributed by atoms with Gasteiger partial charge in [0.05, 0.1) is 6.10 Å². The number of rotatable bonds is 8. The summed E-state index contributed by atoms with van der Waals surface area (Å²) in [5.41, 5.74) is 6.34. The largest absolute Gasteiger partial charge is 0.378 e. The summed E-state index contributed by atoms with van der Waals surface area (Å²) in [5.74, 6) is 0. The number of hydrogen-bond acceptors (Lipinski definition) is 4. The van der Waals surface area contributed by atoms with E-state index < -0.39 is 0 Å². The van der Waals surface area contributed by atoms with Gasteiger partial charge in [-0.3, -0.25) is 4.90 Å². The number of likely N-dealkylation sites (N-methyl/N-ethyl adjacent to an activating group) is 1. The molecular weight excluding hydrogens is 238 g/mol. The minimum atomic E-state index is 0.158. The van der Waals surface area contributed by atoms with Crippen molar-refractivity contribution < 1.29 is 4.74 Å². The molecule has 2 unspecified atom stereocenters. The van der Waals surface area contributed by atoms with E-state index >= 15 is 0 Å². The Balaban J connectivity index is 2.74. The van der Waals surface area contributed by atoms with Crippen LogP contribution in [0.15, 0.2) is 0 Å². The minimum absolute atomic E-state index is 0.158. The van der Waals surface area contributed by atoms with E-state index in [1.54, 1.807) is 0 Å². The van der Waals surface area contributed by atoms with Gasteiger partial charge in [0.2, 0.25) is 0 Å². The summed E-state index contributed by atoms with van der Waals surface area (Å²) in [4.78, 5) is 4.88. The smallest absolute Gasteiger partial charge is 0.0590 e. The van der Waals surface area contributed by atoms with Crippen LogP contribution < -0.4 is 5.73 Å². The maximum Gasteiger partial charge on any atom is 0.0590 e. The maximum absolute atomic E-state index is 6.18. The molecular formula is C15H33N3O. The first kappa shape index (κ1) is 16.9. The maximum atomic E-state index is 6.18. The van der Waals surface area contributed by atoms with Gasteiger partial charge in [-0.15, -0.1) is 0 Å². The van der Waals surface area contributed by atoms with Crippen LogP contribution in [0.4, 0.5) is 0 Å². The predicted octanol–water partition coefficient (Wildman–Crippen LogP) is 1.55. The molecule has 1 rings (SSSR count). The Labute approximate surface area is 119 Å². The lowest BCUT2D eigenvalue weighted by Crippen LogP contribution is -2.59. The lowest BCUT2D eigenvalue weighted by atomic mass is 9.83. The fourth-order valence-electron chi connectivity index (χ4n) is 3.04. The molecule has 19 heavy (non-hydrogen) atoms. The van der Waals surface area contributed by atoms with Crippen LogP contribution in [0, 0.1) is 0 Å². The van der Waals surface area contributed by atoms with E-state index in [9.17, 15) is 0 Å². The van der Waals surface area contributed by atoms with Crippen molar-refractivity contribution in [3.05, 3.63) is 0 Å². The van der Waals surface area contributed by atoms with E-state index in [0.29, 0.717) is 6.10 Å². The van der Waals surface area contributed by atoms with Crippen molar-refractivity contribution in [2.75, 3.05) is 46.9 Å². The Morgan fingerprint density at radius 1 is 1.21 bits per heavy atom. The zero-order valence-electron chi connectivity index (χ0n) is 13.3. The van der Waals surface area contributed by atoms with Gasteiger partial charge in [0.15, 0.2) is 0 Å². The Morgan fingerprint density at radius 3 is 2.47 bits per heavy atom. The Bertz CT molecular complexity index is 248. The van der Waals surface area contributed by atoms with Gasteiger partial charge < -0.3 is 15.4 Å². The lowest BCUT2D eigenvalue weighted by Gasteiger charge is -2.48. The quantitative estimate of drug-likeness (QED) is 0.727. The second-order valence-electron chi connectivity index (χ2n) is 6.07. The highest BCUT2D eigenvalue weighted by Crippen LogP contribution is 2.31. The predicted molar refractivity (Wildman–Crippen MR) is 81.5 cm³/mol. The topological polar surface area (TPSA) is 41.7 Å². The van der Waals surface area contributed by atoms with E-state index in [1.165, 1.54) is 6.42 Å². The normalized spacial score (nSPS) is 28.3. The van der Waals surface area contributed by atoms with Crippen molar-refractivity contribution in [3.8, 4) is 0 Å². The van der Waals surface area contributed by atoms with E-state index in [-0.39, 0.29) is 5.54 Å². The van der Waals surface area contributed by atoms with E-state index in [2.05, 4.69) is 37.7 Å². The average Bonchev–Trinajstić information content (AvgIpc) is 2.43. The number of nitrogens with two attached hydrogens (primary N) is 1. The highest BCUT2D eigenvalue weighted by Gasteiger charge is 2.39. The first-order valence-electron chi connectivity index (χ1n) is 7.79. The molecule has 1 heterocycles. The standard InChI is InChI=1S/C15H33N3O/c1-5-8-18(10-9-17(3)4)15(13-16)7-11-19-14(6-2)12-15/h14H,5-13,16H2,1-4H3. The van der Waals surface area contributed by atoms with Gasteiger partial charge >= 0.3 is 0 Å². The van der Waals surface area contributed by atoms with Crippen LogP contribution in [-0.4, -0.2) is 68.3 Å². The van der Waals surface area contributed by atoms with Crippen molar-refractivity contribution in [2.45, 2.75) is 51.2 Å². The Morgan fingerprint density at radius 2 is 1.95 bits per heavy atom. The number of ether oxygens (including phenoxy) is 1. The molecule has 0 amide bonds. The van der Waals surface area contributed by atoms with Crippen molar-refractivity contribution in [1.82, 2.24) is 9.80 Å². The number of hydrogen-bond donors (Lipinski definition) is 1. The van der Waals surface area contributed by atoms with E-state index in [0.717, 1.165) is 52.0 Å². The zero-order valence-corrected chi connectivity index (χ0v) is 13.3. The molecule has 0 aromatic rings. The van der Waals surface area contributed by atoms with Crippen LogP contribution in [0.25, 0.3) is 0 Å². The van der Waals surface area contributed by atoms with Crippen LogP contribution in [0.2, 0.25) is 0 Å². The average molecular weight is 271 g/mol. The summed E-state index contributed by atoms with van der Waals surface area (Å²) < 4.78 is 5.85. The zero-order chi connectivity index (χ0) is 14.3. The van der Waals surface area contributed by atoms with Crippen LogP contribution in [0.3, 0.4) is 0 Å². The summed E-state index contributed by atoms with van der Waals surface area (Å²) in [5, 5.41) is 0. The summed E-state index contributed by atoms with van der Waals surface area (Å²) in [6, 6.07) is 0. The fourth-order valence-corrected chi connectivity index (χ4v) is 3.04. The molecule has 0 spiro atoms. The van der Waals surface area contributed by atoms with Crippen LogP contribution in [0.5, 0.6) is 0 Å². The molecule has 1 aliphatic rings. The highest BCUT2D eigenvalue weighted by molar-refractivity contribution is 4.96. The van der Waals surface area contributed by atoms with Gasteiger partial charge in [-0.05, 0) is 46.3 Å². The minimum Gasteiger partial charge on any atom is -0.378 e. The van der Waals surface area contributed by atoms with Crippen molar-refractivity contribution in [2.24, 2.45) is 5.73 Å². The van der Waals surface area contributed by atoms with Gasteiger partial charge in [-0.2, -0.15) is 0 Å². The summed E-state index contributed by atoms with van der Waals surface area (Å²) >= 11 is 0. The molecule has 0 saturated carbocycles. The first-order valence-corrected chi connectivity index (χ1v) is 7.79. The molecule has 0 radical (unpaired) electrons. The van der Waals surface area contributed by atoms with Gasteiger partial charge in [0.1, 0.15) is 0 Å². The molecule has 4 nitrogen and oxygen atoms in total. The summed E-state index contributed by atoms with van der Waals surface area (Å²) in [6.07, 6.45) is 4.83. The summed E-state index contributed by atoms with van der Waals surface area (Å²) in [6.45, 7) is 9.41. The Kier molecular flexibility index (Phi) is 7.29. The molecule has 0 aromatic carbocycles. The van der Waals surface area contributed by atoms with Crippen LogP contribution >= 0.6 is 0 Å². The SMILES string of the molecule is CCCN(CCN(C)C)C1(CN)CCOC(CC)C1. The van der Waals surface area contributed by atoms with Crippen molar-refractivity contribution in [1.29, 1.82) is 0 Å². The van der Waals surface area contributed by atoms with Crippen LogP contribution in [0.1, 0.15) is 39.5 Å². The molecule has 0 aromatic heterocycles. The van der Waals surface area contributed by atoms with Crippen molar-refractivity contribution in [3.63, 3.8) is 0 Å². The monoisotopic (exact) mass is 271 g/mol. The molecule has 4 heteroatoms. The molecule has 1 aliphatic heterocycles. The lowest BCUT2D eigenvalue weighted by molar-refractivity contribution is -0.0730. The molecule has 2 N–H and O–H groups in total. The molecule has 2 atom stereocenters. The molecule has 1 saturated heterocycles. The molecule has 0 bridgehead atoms. The van der Waals surface area contributed by atoms with E-state index in [1.807, 2.05) is 0 Å². The third-order valence-electron chi connectivity index (χ3n) is 4.35. The van der Waals surface area contributed by atoms with Gasteiger partial charge in [0.25, 0.3) is 0 Å². The second-order valence-corrected chi connectivity index (χ2v) is 6.07. The second kappa shape index (κ2) is 8.20. The Hall–Kier alpha value is -0.160. The van der Waals surface area contributed by atoms with Gasteiger partial charge in [-0.25, -0.2) is 0 Å². The van der Waals surface area contributed by atoms with Crippen molar-refractivity contribution >= 4 is 0 Å². The number of nitrogens with zero attached hydrogens (tertiary/aromatic N) is 2. The van der Waals surface area contributed by atoms with Gasteiger partial charge in [-0.1, -0.05) is 13.8 Å². The van der Waals surface area contributed by atoms with Crippen LogP contribution in [-0.2, 0) is 4.74 Å². The molecule has 1 fully saturated rings. The fraction of sp³-hybridized carbons (Fsp3) is 1.00. The third-order valence-corrected chi connectivity index (χ3v) is 4.35. The molecule has 0 aliphatic carbocycles. The van der Waals surface area contributed by atoms with E-state index in [4.69, 9.17) is 10.5 Å². The van der Waals surface area contributed by atoms with Gasteiger partial charge in [0, 0.05) is 31.8 Å². The molecule has 114 valence electrons. The first-order chi connectivity index (χ1) is 9.07. The highest BCUT2D eigenvalue weighted by atomic mass is 16.5. The third kappa shape index (κ3) is 4.71. The summed E-state index contributed by atoms with van der Waals surface area (Å²) in [7, 11) is 4.27.